The van der Waals surface area contributed by atoms with Gasteiger partial charge in [-0.3, -0.25) is 24.0 Å². The van der Waals surface area contributed by atoms with E-state index >= 15 is 0 Å². The van der Waals surface area contributed by atoms with Crippen molar-refractivity contribution in [3.8, 4) is 22.2 Å². The van der Waals surface area contributed by atoms with E-state index in [1.165, 1.54) is 11.3 Å². The Morgan fingerprint density at radius 3 is 2.54 bits per heavy atom. The molecule has 3 heterocycles. The van der Waals surface area contributed by atoms with Crippen molar-refractivity contribution in [1.29, 1.82) is 0 Å². The number of aromatic nitrogens is 2. The van der Waals surface area contributed by atoms with Crippen LogP contribution in [0.2, 0.25) is 5.02 Å². The molecule has 16 heteroatoms. The summed E-state index contributed by atoms with van der Waals surface area (Å²) < 4.78 is 46.5. The fraction of sp³-hybridized carbons (Fsp3) is 0.605. The average molecular weight is 869 g/mol. The van der Waals surface area contributed by atoms with Crippen molar-refractivity contribution < 1.29 is 37.0 Å². The van der Waals surface area contributed by atoms with Gasteiger partial charge in [-0.05, 0) is 62.5 Å². The molecule has 8 rings (SSSR count). The number of thiazole rings is 1. The molecule has 318 valence electrons. The van der Waals surface area contributed by atoms with Crippen molar-refractivity contribution in [3.63, 3.8) is 0 Å². The van der Waals surface area contributed by atoms with Gasteiger partial charge in [0.15, 0.2) is 0 Å². The van der Waals surface area contributed by atoms with Crippen LogP contribution in [-0.2, 0) is 29.1 Å². The van der Waals surface area contributed by atoms with Gasteiger partial charge in [0.05, 0.1) is 35.6 Å². The lowest BCUT2D eigenvalue weighted by Gasteiger charge is -2.36. The number of pyridine rings is 1. The van der Waals surface area contributed by atoms with Crippen LogP contribution in [0.3, 0.4) is 0 Å². The summed E-state index contributed by atoms with van der Waals surface area (Å²) in [6.07, 6.45) is 3.81. The number of hydrogen-bond acceptors (Lipinski definition) is 12. The highest BCUT2D eigenvalue weighted by Crippen LogP contribution is 2.51. The van der Waals surface area contributed by atoms with Gasteiger partial charge in [-0.1, -0.05) is 45.4 Å². The Hall–Kier alpha value is -3.63. The van der Waals surface area contributed by atoms with Gasteiger partial charge in [0.2, 0.25) is 15.9 Å². The fourth-order valence-electron chi connectivity index (χ4n) is 9.20. The summed E-state index contributed by atoms with van der Waals surface area (Å²) in [4.78, 5) is 54.7. The van der Waals surface area contributed by atoms with E-state index in [-0.39, 0.29) is 42.3 Å². The summed E-state index contributed by atoms with van der Waals surface area (Å²) in [5.74, 6) is -2.28. The molecule has 0 spiro atoms. The molecule has 13 nitrogen and oxygen atoms in total. The van der Waals surface area contributed by atoms with Crippen LogP contribution in [0, 0.1) is 35.5 Å². The van der Waals surface area contributed by atoms with Gasteiger partial charge in [0, 0.05) is 60.1 Å². The number of benzene rings is 1. The van der Waals surface area contributed by atoms with E-state index in [1.807, 2.05) is 37.4 Å². The first kappa shape index (κ1) is 42.1. The lowest BCUT2D eigenvalue weighted by atomic mass is 9.68. The molecule has 1 aromatic carbocycles. The largest absolute Gasteiger partial charge is 0.491 e. The van der Waals surface area contributed by atoms with Crippen molar-refractivity contribution in [3.05, 3.63) is 47.0 Å². The number of rotatable bonds is 15. The van der Waals surface area contributed by atoms with Crippen LogP contribution >= 0.6 is 22.9 Å². The summed E-state index contributed by atoms with van der Waals surface area (Å²) in [5.41, 5.74) is 0.561. The molecular weight excluding hydrogens is 814 g/mol. The zero-order chi connectivity index (χ0) is 41.8. The number of fused-ring (bicyclic) bond motifs is 2. The summed E-state index contributed by atoms with van der Waals surface area (Å²) in [6, 6.07) is 5.57. The third-order valence-electron chi connectivity index (χ3n) is 13.0. The number of ketones is 1. The highest BCUT2D eigenvalue weighted by molar-refractivity contribution is 7.91. The van der Waals surface area contributed by atoms with Crippen LogP contribution < -0.4 is 19.5 Å². The zero-order valence-electron chi connectivity index (χ0n) is 34.1. The first-order valence-corrected chi connectivity index (χ1v) is 23.7. The predicted octanol–water partition coefficient (Wildman–Crippen LogP) is 6.15. The predicted molar refractivity (Wildman–Crippen MR) is 226 cm³/mol. The Balaban J connectivity index is 1.11. The number of halogens is 1. The van der Waals surface area contributed by atoms with Gasteiger partial charge in [0.1, 0.15) is 51.3 Å². The molecule has 0 bridgehead atoms. The smallest absolute Gasteiger partial charge is 0.259 e. The number of amides is 2. The maximum Gasteiger partial charge on any atom is 0.259 e. The highest BCUT2D eigenvalue weighted by atomic mass is 35.5. The van der Waals surface area contributed by atoms with E-state index in [0.717, 1.165) is 25.3 Å². The Morgan fingerprint density at radius 1 is 1.12 bits per heavy atom. The quantitative estimate of drug-likeness (QED) is 0.168. The van der Waals surface area contributed by atoms with Crippen LogP contribution in [0.1, 0.15) is 77.8 Å². The first-order valence-electron chi connectivity index (χ1n) is 20.9. The van der Waals surface area contributed by atoms with Crippen LogP contribution in [0.25, 0.3) is 21.6 Å². The molecule has 5 aliphatic rings. The van der Waals surface area contributed by atoms with Crippen LogP contribution in [0.5, 0.6) is 11.5 Å². The molecule has 4 aliphatic carbocycles. The lowest BCUT2D eigenvalue weighted by molar-refractivity contribution is -0.140. The van der Waals surface area contributed by atoms with Crippen molar-refractivity contribution in [2.24, 2.45) is 35.5 Å². The summed E-state index contributed by atoms with van der Waals surface area (Å²) in [6.45, 7) is 16.3. The third-order valence-corrected chi connectivity index (χ3v) is 16.0. The Bertz CT molecular complexity index is 2240. The Morgan fingerprint density at radius 2 is 1.88 bits per heavy atom. The Kier molecular flexibility index (Phi) is 11.9. The molecule has 59 heavy (non-hydrogen) atoms. The standard InChI is InChI=1S/C43H54ClN5O8S2/c1-6-25-21-43(25,42(52)48-59(53,54)26-7-8-26)47-40(51)30-19-34(28-10-9-27(23(2)3)39(50)36(28)30)57-35-20-31(41-46-32(22-58-41)24(4)5)45-38-29(35)11-12-33(37(38)44)56-18-15-49-13-16-55-17-14-49/h6,11-12,20,22-28,30,34,36H,1,7-10,13-19,21H2,2-5H3,(H,47,51)(H,48,52)/t25-,27-,28-,30-,34?,36?,43-/m1/s1. The second-order valence-corrected chi connectivity index (χ2v) is 20.7. The van der Waals surface area contributed by atoms with Gasteiger partial charge in [-0.25, -0.2) is 18.4 Å². The van der Waals surface area contributed by atoms with Crippen LogP contribution in [-0.4, -0.2) is 97.2 Å². The van der Waals surface area contributed by atoms with Crippen LogP contribution in [0.15, 0.2) is 36.2 Å². The molecule has 2 unspecified atom stereocenters. The minimum Gasteiger partial charge on any atom is -0.491 e. The number of carbonyl (C=O) groups excluding carboxylic acids is 3. The normalized spacial score (nSPS) is 28.4. The molecule has 3 aromatic rings. The Labute approximate surface area is 355 Å². The number of ether oxygens (including phenoxy) is 3. The van der Waals surface area contributed by atoms with Crippen molar-refractivity contribution in [2.75, 3.05) is 39.5 Å². The summed E-state index contributed by atoms with van der Waals surface area (Å²) in [5, 5.41) is 6.07. The minimum atomic E-state index is -3.86. The van der Waals surface area contributed by atoms with E-state index in [1.54, 1.807) is 6.08 Å². The van der Waals surface area contributed by atoms with Crippen molar-refractivity contribution in [1.82, 2.24) is 24.9 Å². The molecule has 1 aliphatic heterocycles. The molecule has 2 amide bonds. The maximum atomic E-state index is 14.5. The SMILES string of the molecule is C=C[C@@H]1C[C@]1(NC(=O)[C@@H]1CC(Oc2cc(-c3nc(C(C)C)cs3)nc3c(Cl)c(OCCN4CCOCC4)ccc23)[C@H]2CC[C@H](C(C)C)C(=O)C21)C(=O)NS(=O)(=O)C1CC1. The number of carbonyl (C=O) groups is 3. The van der Waals surface area contributed by atoms with Crippen LogP contribution in [0.4, 0.5) is 0 Å². The average Bonchev–Trinajstić information content (AvgIpc) is 4.10. The number of nitrogens with zero attached hydrogens (tertiary/aromatic N) is 3. The maximum absolute atomic E-state index is 14.5. The second-order valence-electron chi connectivity index (χ2n) is 17.5. The summed E-state index contributed by atoms with van der Waals surface area (Å²) >= 11 is 8.60. The molecule has 2 N–H and O–H groups in total. The number of morpholine rings is 1. The highest BCUT2D eigenvalue weighted by Gasteiger charge is 2.63. The van der Waals surface area contributed by atoms with Crippen molar-refractivity contribution in [2.45, 2.75) is 89.0 Å². The van der Waals surface area contributed by atoms with Gasteiger partial charge in [-0.2, -0.15) is 0 Å². The monoisotopic (exact) mass is 867 g/mol. The van der Waals surface area contributed by atoms with E-state index < -0.39 is 56.5 Å². The molecular formula is C43H54ClN5O8S2. The van der Waals surface area contributed by atoms with Gasteiger partial charge < -0.3 is 19.5 Å². The summed E-state index contributed by atoms with van der Waals surface area (Å²) in [7, 11) is -3.86. The molecule has 4 saturated carbocycles. The second kappa shape index (κ2) is 16.7. The molecule has 1 saturated heterocycles. The van der Waals surface area contributed by atoms with E-state index in [2.05, 4.69) is 35.4 Å². The fourth-order valence-corrected chi connectivity index (χ4v) is 11.8. The van der Waals surface area contributed by atoms with Gasteiger partial charge in [-0.15, -0.1) is 17.9 Å². The van der Waals surface area contributed by atoms with Crippen molar-refractivity contribution >= 4 is 61.5 Å². The third kappa shape index (κ3) is 8.38. The number of Topliss-reactive ketones (excluding diaryl/α,β-unsaturated/α-hetero) is 1. The first-order chi connectivity index (χ1) is 28.2. The van der Waals surface area contributed by atoms with E-state index in [4.69, 9.17) is 35.8 Å². The molecule has 5 fully saturated rings. The number of hydrogen-bond donors (Lipinski definition) is 2. The topological polar surface area (TPSA) is 166 Å². The minimum absolute atomic E-state index is 0.0274. The van der Waals surface area contributed by atoms with E-state index in [9.17, 15) is 22.8 Å². The molecule has 2 aromatic heterocycles. The number of nitrogens with one attached hydrogen (secondary N) is 2. The molecule has 7 atom stereocenters. The lowest BCUT2D eigenvalue weighted by Crippen LogP contribution is -2.54. The van der Waals surface area contributed by atoms with Gasteiger partial charge >= 0.3 is 0 Å². The zero-order valence-corrected chi connectivity index (χ0v) is 36.5. The van der Waals surface area contributed by atoms with E-state index in [0.29, 0.717) is 83.6 Å². The molecule has 0 radical (unpaired) electrons. The van der Waals surface area contributed by atoms with Gasteiger partial charge in [0.25, 0.3) is 5.91 Å². The number of sulfonamides is 1.